The van der Waals surface area contributed by atoms with E-state index in [0.29, 0.717) is 11.3 Å². The minimum atomic E-state index is -0.879. The number of aromatic carboxylic acids is 1. The molecule has 0 aliphatic carbocycles. The third kappa shape index (κ3) is 4.53. The molecule has 1 aliphatic rings. The number of likely N-dealkylation sites (tertiary alicyclic amines) is 1. The molecular weight excluding hydrogens is 338 g/mol. The van der Waals surface area contributed by atoms with E-state index in [1.807, 2.05) is 12.1 Å². The molecule has 1 saturated heterocycles. The zero-order valence-electron chi connectivity index (χ0n) is 14.4. The maximum absolute atomic E-state index is 11.6. The molecule has 134 valence electrons. The van der Waals surface area contributed by atoms with Gasteiger partial charge in [-0.05, 0) is 49.5 Å². The lowest BCUT2D eigenvalue weighted by Crippen LogP contribution is -2.33. The number of hydrogen-bond donors (Lipinski definition) is 1. The number of carboxylic acids is 1. The van der Waals surface area contributed by atoms with Crippen molar-refractivity contribution in [2.45, 2.75) is 25.3 Å². The van der Waals surface area contributed by atoms with E-state index in [1.165, 1.54) is 5.56 Å². The fourth-order valence-electron chi connectivity index (χ4n) is 3.55. The van der Waals surface area contributed by atoms with Gasteiger partial charge < -0.3 is 9.84 Å². The molecule has 0 bridgehead atoms. The lowest BCUT2D eigenvalue weighted by atomic mass is 9.85. The maximum Gasteiger partial charge on any atom is 0.336 e. The van der Waals surface area contributed by atoms with Crippen LogP contribution in [0.2, 0.25) is 0 Å². The van der Waals surface area contributed by atoms with E-state index >= 15 is 0 Å². The number of hydrogen-bond acceptors (Lipinski definition) is 3. The molecule has 4 nitrogen and oxygen atoms in total. The van der Waals surface area contributed by atoms with E-state index < -0.39 is 5.97 Å². The van der Waals surface area contributed by atoms with Gasteiger partial charge in [-0.1, -0.05) is 36.4 Å². The SMILES string of the molecule is COc1cccc(C(=O)O)c1C1CCN(Cc2ccccc2)CC1.Cl. The van der Waals surface area contributed by atoms with Crippen molar-refractivity contribution in [1.82, 2.24) is 4.90 Å². The van der Waals surface area contributed by atoms with Crippen LogP contribution in [0.3, 0.4) is 0 Å². The fourth-order valence-corrected chi connectivity index (χ4v) is 3.55. The Bertz CT molecular complexity index is 697. The molecule has 0 unspecified atom stereocenters. The number of methoxy groups -OCH3 is 1. The maximum atomic E-state index is 11.6. The number of carbonyl (C=O) groups is 1. The van der Waals surface area contributed by atoms with Crippen molar-refractivity contribution in [1.29, 1.82) is 0 Å². The van der Waals surface area contributed by atoms with Crippen LogP contribution in [0.15, 0.2) is 48.5 Å². The van der Waals surface area contributed by atoms with E-state index in [4.69, 9.17) is 4.74 Å². The second kappa shape index (κ2) is 8.88. The molecule has 0 atom stereocenters. The van der Waals surface area contributed by atoms with Crippen LogP contribution in [0, 0.1) is 0 Å². The predicted octanol–water partition coefficient (Wildman–Crippen LogP) is 4.19. The Balaban J connectivity index is 0.00000225. The first-order valence-corrected chi connectivity index (χ1v) is 8.35. The first-order valence-electron chi connectivity index (χ1n) is 8.35. The molecule has 0 aromatic heterocycles. The lowest BCUT2D eigenvalue weighted by Gasteiger charge is -2.33. The van der Waals surface area contributed by atoms with Crippen molar-refractivity contribution in [3.63, 3.8) is 0 Å². The van der Waals surface area contributed by atoms with Crippen LogP contribution in [0.1, 0.15) is 40.2 Å². The van der Waals surface area contributed by atoms with E-state index in [1.54, 1.807) is 19.2 Å². The van der Waals surface area contributed by atoms with E-state index in [9.17, 15) is 9.90 Å². The number of ether oxygens (including phenoxy) is 1. The van der Waals surface area contributed by atoms with Gasteiger partial charge in [0.15, 0.2) is 0 Å². The zero-order valence-corrected chi connectivity index (χ0v) is 15.2. The van der Waals surface area contributed by atoms with Crippen LogP contribution in [0.25, 0.3) is 0 Å². The molecule has 3 rings (SSSR count). The van der Waals surface area contributed by atoms with E-state index in [0.717, 1.165) is 38.0 Å². The number of rotatable bonds is 5. The summed E-state index contributed by atoms with van der Waals surface area (Å²) in [6.07, 6.45) is 1.90. The fraction of sp³-hybridized carbons (Fsp3) is 0.350. The monoisotopic (exact) mass is 361 g/mol. The van der Waals surface area contributed by atoms with Gasteiger partial charge in [0.1, 0.15) is 5.75 Å². The van der Waals surface area contributed by atoms with Crippen LogP contribution >= 0.6 is 12.4 Å². The van der Waals surface area contributed by atoms with Crippen LogP contribution < -0.4 is 4.74 Å². The Morgan fingerprint density at radius 2 is 1.80 bits per heavy atom. The van der Waals surface area contributed by atoms with Crippen molar-refractivity contribution in [3.05, 3.63) is 65.2 Å². The summed E-state index contributed by atoms with van der Waals surface area (Å²) >= 11 is 0. The average molecular weight is 362 g/mol. The van der Waals surface area contributed by atoms with E-state index in [2.05, 4.69) is 29.2 Å². The topological polar surface area (TPSA) is 49.8 Å². The summed E-state index contributed by atoms with van der Waals surface area (Å²) in [6.45, 7) is 2.89. The Morgan fingerprint density at radius 1 is 1.12 bits per heavy atom. The smallest absolute Gasteiger partial charge is 0.336 e. The first kappa shape index (κ1) is 19.3. The summed E-state index contributed by atoms with van der Waals surface area (Å²) in [5, 5.41) is 9.50. The van der Waals surface area contributed by atoms with Gasteiger partial charge in [0.25, 0.3) is 0 Å². The number of halogens is 1. The number of carboxylic acid groups (broad SMARTS) is 1. The second-order valence-electron chi connectivity index (χ2n) is 6.26. The van der Waals surface area contributed by atoms with Crippen LogP contribution in [0.5, 0.6) is 5.75 Å². The van der Waals surface area contributed by atoms with Crippen LogP contribution in [-0.4, -0.2) is 36.2 Å². The molecular formula is C20H24ClNO3. The highest BCUT2D eigenvalue weighted by molar-refractivity contribution is 5.90. The highest BCUT2D eigenvalue weighted by atomic mass is 35.5. The highest BCUT2D eigenvalue weighted by Crippen LogP contribution is 2.37. The number of piperidine rings is 1. The number of benzene rings is 2. The molecule has 1 N–H and O–H groups in total. The Labute approximate surface area is 154 Å². The molecule has 1 aliphatic heterocycles. The summed E-state index contributed by atoms with van der Waals surface area (Å²) in [5.41, 5.74) is 2.54. The zero-order chi connectivity index (χ0) is 16.9. The first-order chi connectivity index (χ1) is 11.7. The molecule has 5 heteroatoms. The Morgan fingerprint density at radius 3 is 2.40 bits per heavy atom. The quantitative estimate of drug-likeness (QED) is 0.867. The summed E-state index contributed by atoms with van der Waals surface area (Å²) in [4.78, 5) is 14.0. The second-order valence-corrected chi connectivity index (χ2v) is 6.26. The third-order valence-electron chi connectivity index (χ3n) is 4.76. The van der Waals surface area contributed by atoms with Gasteiger partial charge in [0.2, 0.25) is 0 Å². The van der Waals surface area contributed by atoms with Crippen molar-refractivity contribution in [2.24, 2.45) is 0 Å². The Hall–Kier alpha value is -2.04. The predicted molar refractivity (Wildman–Crippen MR) is 101 cm³/mol. The molecule has 0 spiro atoms. The minimum Gasteiger partial charge on any atom is -0.496 e. The third-order valence-corrected chi connectivity index (χ3v) is 4.76. The van der Waals surface area contributed by atoms with E-state index in [-0.39, 0.29) is 18.3 Å². The van der Waals surface area contributed by atoms with Gasteiger partial charge in [-0.3, -0.25) is 4.90 Å². The molecule has 0 radical (unpaired) electrons. The standard InChI is InChI=1S/C20H23NO3.ClH/c1-24-18-9-5-8-17(20(22)23)19(18)16-10-12-21(13-11-16)14-15-6-3-2-4-7-15;/h2-9,16H,10-14H2,1H3,(H,22,23);1H. The van der Waals surface area contributed by atoms with Gasteiger partial charge >= 0.3 is 5.97 Å². The van der Waals surface area contributed by atoms with Crippen molar-refractivity contribution in [3.8, 4) is 5.75 Å². The molecule has 25 heavy (non-hydrogen) atoms. The molecule has 0 amide bonds. The van der Waals surface area contributed by atoms with Crippen molar-refractivity contribution < 1.29 is 14.6 Å². The van der Waals surface area contributed by atoms with Gasteiger partial charge in [0, 0.05) is 12.1 Å². The molecule has 1 fully saturated rings. The Kier molecular flexibility index (Phi) is 6.85. The molecule has 2 aromatic carbocycles. The minimum absolute atomic E-state index is 0. The van der Waals surface area contributed by atoms with Crippen molar-refractivity contribution in [2.75, 3.05) is 20.2 Å². The van der Waals surface area contributed by atoms with Gasteiger partial charge in [0.05, 0.1) is 12.7 Å². The van der Waals surface area contributed by atoms with Gasteiger partial charge in [-0.25, -0.2) is 4.79 Å². The summed E-state index contributed by atoms with van der Waals surface area (Å²) in [7, 11) is 1.61. The van der Waals surface area contributed by atoms with Gasteiger partial charge in [-0.2, -0.15) is 0 Å². The normalized spacial score (nSPS) is 15.4. The summed E-state index contributed by atoms with van der Waals surface area (Å²) in [6, 6.07) is 15.7. The number of nitrogens with zero attached hydrogens (tertiary/aromatic N) is 1. The highest BCUT2D eigenvalue weighted by Gasteiger charge is 2.27. The van der Waals surface area contributed by atoms with Crippen molar-refractivity contribution >= 4 is 18.4 Å². The molecule has 1 heterocycles. The van der Waals surface area contributed by atoms with Crippen LogP contribution in [-0.2, 0) is 6.54 Å². The summed E-state index contributed by atoms with van der Waals surface area (Å²) < 4.78 is 5.43. The van der Waals surface area contributed by atoms with Gasteiger partial charge in [-0.15, -0.1) is 12.4 Å². The van der Waals surface area contributed by atoms with Crippen LogP contribution in [0.4, 0.5) is 0 Å². The largest absolute Gasteiger partial charge is 0.496 e. The summed E-state index contributed by atoms with van der Waals surface area (Å²) in [5.74, 6) is 0.0475. The average Bonchev–Trinajstić information content (AvgIpc) is 2.62. The molecule has 0 saturated carbocycles. The molecule has 2 aromatic rings. The lowest BCUT2D eigenvalue weighted by molar-refractivity contribution is 0.0693.